The first-order chi connectivity index (χ1) is 7.39. The van der Waals surface area contributed by atoms with E-state index in [4.69, 9.17) is 0 Å². The fraction of sp³-hybridized carbons (Fsp3) is 0.923. The van der Waals surface area contributed by atoms with E-state index >= 15 is 0 Å². The number of piperidine rings is 1. The zero-order valence-corrected chi connectivity index (χ0v) is 9.47. The normalized spacial score (nSPS) is 47.6. The highest BCUT2D eigenvalue weighted by Gasteiger charge is 2.56. The summed E-state index contributed by atoms with van der Waals surface area (Å²) in [6, 6.07) is 3.57. The van der Waals surface area contributed by atoms with Gasteiger partial charge in [0.25, 0.3) is 0 Å². The standard InChI is InChI=1S/C13H21N2/c1-2-6-13(5-1)7-8-14-12(13)11-4-3-10-9-15(10)11/h10-11,14H,1-9H2. The minimum absolute atomic E-state index is 0.641. The van der Waals surface area contributed by atoms with E-state index in [1.807, 2.05) is 0 Å². The largest absolute Gasteiger partial charge is 0.308 e. The van der Waals surface area contributed by atoms with Crippen molar-refractivity contribution in [3.8, 4) is 0 Å². The third-order valence-corrected chi connectivity index (χ3v) is 5.31. The Morgan fingerprint density at radius 1 is 1.13 bits per heavy atom. The van der Waals surface area contributed by atoms with Crippen LogP contribution in [0.25, 0.3) is 0 Å². The molecule has 0 amide bonds. The number of nitrogens with zero attached hydrogens (tertiary/aromatic N) is 1. The number of rotatable bonds is 1. The monoisotopic (exact) mass is 205 g/mol. The van der Waals surface area contributed by atoms with Crippen LogP contribution in [-0.2, 0) is 0 Å². The van der Waals surface area contributed by atoms with Gasteiger partial charge in [-0.05, 0) is 44.1 Å². The SMILES string of the molecule is C1CCC2(C1)CCN[C]2C1CCC2CN21. The molecule has 83 valence electrons. The molecule has 3 aliphatic heterocycles. The van der Waals surface area contributed by atoms with Crippen molar-refractivity contribution in [2.24, 2.45) is 5.41 Å². The quantitative estimate of drug-likeness (QED) is 0.658. The molecule has 1 saturated carbocycles. The molecular formula is C13H21N2. The van der Waals surface area contributed by atoms with Crippen molar-refractivity contribution >= 4 is 0 Å². The van der Waals surface area contributed by atoms with Crippen molar-refractivity contribution in [1.82, 2.24) is 10.2 Å². The van der Waals surface area contributed by atoms with E-state index in [9.17, 15) is 0 Å². The average Bonchev–Trinajstić information content (AvgIpc) is 2.72. The summed E-state index contributed by atoms with van der Waals surface area (Å²) in [6.07, 6.45) is 10.2. The van der Waals surface area contributed by atoms with E-state index in [0.717, 1.165) is 12.1 Å². The first kappa shape index (κ1) is 9.00. The minimum atomic E-state index is 0.641. The van der Waals surface area contributed by atoms with Gasteiger partial charge in [0.1, 0.15) is 0 Å². The minimum Gasteiger partial charge on any atom is -0.308 e. The van der Waals surface area contributed by atoms with Crippen LogP contribution < -0.4 is 5.32 Å². The predicted octanol–water partition coefficient (Wildman–Crippen LogP) is 1.92. The molecule has 0 aromatic rings. The second kappa shape index (κ2) is 2.98. The average molecular weight is 205 g/mol. The third-order valence-electron chi connectivity index (χ3n) is 5.31. The molecule has 0 aromatic carbocycles. The van der Waals surface area contributed by atoms with Crippen molar-refractivity contribution in [3.63, 3.8) is 0 Å². The second-order valence-corrected chi connectivity index (χ2v) is 6.02. The molecule has 0 bridgehead atoms. The van der Waals surface area contributed by atoms with Crippen LogP contribution in [0.4, 0.5) is 0 Å². The van der Waals surface area contributed by atoms with Crippen LogP contribution in [0.15, 0.2) is 0 Å². The third kappa shape index (κ3) is 1.18. The predicted molar refractivity (Wildman–Crippen MR) is 60.3 cm³/mol. The second-order valence-electron chi connectivity index (χ2n) is 6.02. The first-order valence-electron chi connectivity index (χ1n) is 6.76. The van der Waals surface area contributed by atoms with Gasteiger partial charge in [0.15, 0.2) is 0 Å². The molecule has 4 rings (SSSR count). The first-order valence-corrected chi connectivity index (χ1v) is 6.76. The van der Waals surface area contributed by atoms with Crippen LogP contribution in [0.1, 0.15) is 44.9 Å². The molecule has 4 aliphatic rings. The molecule has 2 heteroatoms. The zero-order valence-electron chi connectivity index (χ0n) is 9.47. The molecule has 3 unspecified atom stereocenters. The Morgan fingerprint density at radius 3 is 2.67 bits per heavy atom. The van der Waals surface area contributed by atoms with Crippen LogP contribution in [-0.4, -0.2) is 30.1 Å². The molecule has 2 nitrogen and oxygen atoms in total. The summed E-state index contributed by atoms with van der Waals surface area (Å²) in [7, 11) is 0. The van der Waals surface area contributed by atoms with Gasteiger partial charge in [-0.25, -0.2) is 0 Å². The van der Waals surface area contributed by atoms with Crippen LogP contribution in [0.5, 0.6) is 0 Å². The number of hydrogen-bond acceptors (Lipinski definition) is 2. The smallest absolute Gasteiger partial charge is 0.0600 e. The summed E-state index contributed by atoms with van der Waals surface area (Å²) in [5.41, 5.74) is 0.641. The van der Waals surface area contributed by atoms with Gasteiger partial charge in [-0.15, -0.1) is 0 Å². The highest BCUT2D eigenvalue weighted by atomic mass is 15.4. The van der Waals surface area contributed by atoms with Crippen LogP contribution in [0.2, 0.25) is 0 Å². The van der Waals surface area contributed by atoms with Crippen molar-refractivity contribution in [3.05, 3.63) is 6.04 Å². The van der Waals surface area contributed by atoms with E-state index in [1.54, 1.807) is 6.04 Å². The van der Waals surface area contributed by atoms with E-state index in [0.29, 0.717) is 5.41 Å². The van der Waals surface area contributed by atoms with E-state index < -0.39 is 0 Å². The molecule has 1 radical (unpaired) electrons. The van der Waals surface area contributed by atoms with Gasteiger partial charge in [-0.2, -0.15) is 0 Å². The molecule has 4 fully saturated rings. The fourth-order valence-electron chi connectivity index (χ4n) is 4.46. The van der Waals surface area contributed by atoms with Gasteiger partial charge in [0, 0.05) is 18.6 Å². The summed E-state index contributed by atoms with van der Waals surface area (Å²) in [5.74, 6) is 0. The van der Waals surface area contributed by atoms with Crippen molar-refractivity contribution in [2.75, 3.05) is 13.1 Å². The van der Waals surface area contributed by atoms with E-state index in [-0.39, 0.29) is 0 Å². The molecule has 1 aliphatic carbocycles. The van der Waals surface area contributed by atoms with Gasteiger partial charge >= 0.3 is 0 Å². The number of fused-ring (bicyclic) bond motifs is 1. The lowest BCUT2D eigenvalue weighted by atomic mass is 9.75. The summed E-state index contributed by atoms with van der Waals surface area (Å²) >= 11 is 0. The van der Waals surface area contributed by atoms with Crippen LogP contribution >= 0.6 is 0 Å². The Labute approximate surface area is 92.4 Å². The van der Waals surface area contributed by atoms with Gasteiger partial charge in [-0.3, -0.25) is 4.90 Å². The Hall–Kier alpha value is -0.0800. The van der Waals surface area contributed by atoms with Gasteiger partial charge in [0.2, 0.25) is 0 Å². The summed E-state index contributed by atoms with van der Waals surface area (Å²) in [4.78, 5) is 2.73. The zero-order chi connectivity index (χ0) is 9.88. The molecule has 3 atom stereocenters. The molecular weight excluding hydrogens is 184 g/mol. The number of nitrogens with one attached hydrogen (secondary N) is 1. The van der Waals surface area contributed by atoms with Gasteiger partial charge in [0.05, 0.1) is 6.04 Å². The highest BCUT2D eigenvalue weighted by Crippen LogP contribution is 2.55. The number of hydrogen-bond donors (Lipinski definition) is 1. The summed E-state index contributed by atoms with van der Waals surface area (Å²) in [6.45, 7) is 2.65. The Morgan fingerprint density at radius 2 is 2.00 bits per heavy atom. The van der Waals surface area contributed by atoms with Gasteiger partial charge in [-0.1, -0.05) is 12.8 Å². The molecule has 3 heterocycles. The highest BCUT2D eigenvalue weighted by molar-refractivity contribution is 5.22. The maximum atomic E-state index is 3.76. The topological polar surface area (TPSA) is 15.0 Å². The maximum Gasteiger partial charge on any atom is 0.0600 e. The molecule has 0 aromatic heterocycles. The lowest BCUT2D eigenvalue weighted by Crippen LogP contribution is -2.39. The van der Waals surface area contributed by atoms with Crippen molar-refractivity contribution in [2.45, 2.75) is 57.0 Å². The van der Waals surface area contributed by atoms with Gasteiger partial charge < -0.3 is 5.32 Å². The molecule has 15 heavy (non-hydrogen) atoms. The maximum absolute atomic E-state index is 3.76. The summed E-state index contributed by atoms with van der Waals surface area (Å²) in [5, 5.41) is 3.76. The Kier molecular flexibility index (Phi) is 1.79. The Balaban J connectivity index is 1.59. The lowest BCUT2D eigenvalue weighted by molar-refractivity contribution is 0.263. The molecule has 3 saturated heterocycles. The summed E-state index contributed by atoms with van der Waals surface area (Å²) < 4.78 is 0. The molecule has 1 N–H and O–H groups in total. The Bertz CT molecular complexity index is 264. The fourth-order valence-corrected chi connectivity index (χ4v) is 4.46. The van der Waals surface area contributed by atoms with E-state index in [1.165, 1.54) is 58.0 Å². The molecule has 1 spiro atoms. The van der Waals surface area contributed by atoms with Crippen LogP contribution in [0, 0.1) is 11.5 Å². The van der Waals surface area contributed by atoms with Crippen LogP contribution in [0.3, 0.4) is 0 Å². The van der Waals surface area contributed by atoms with Crippen molar-refractivity contribution < 1.29 is 0 Å². The van der Waals surface area contributed by atoms with Crippen molar-refractivity contribution in [1.29, 1.82) is 0 Å². The lowest BCUT2D eigenvalue weighted by Gasteiger charge is -2.35. The van der Waals surface area contributed by atoms with E-state index in [2.05, 4.69) is 10.2 Å².